The van der Waals surface area contributed by atoms with E-state index in [-0.39, 0.29) is 28.1 Å². The van der Waals surface area contributed by atoms with Crippen LogP contribution in [-0.2, 0) is 30.4 Å². The Kier molecular flexibility index (Phi) is 16.6. The number of carboxylic acids is 3. The molecule has 1 aliphatic rings. The Balaban J connectivity index is 0.000000424. The number of likely N-dealkylation sites (N-methyl/N-ethyl adjacent to an activating group) is 1. The molecule has 14 nitrogen and oxygen atoms in total. The molecule has 0 saturated carbocycles. The van der Waals surface area contributed by atoms with Gasteiger partial charge in [0, 0.05) is 38.1 Å². The zero-order chi connectivity index (χ0) is 32.4. The van der Waals surface area contributed by atoms with Crippen LogP contribution in [0.15, 0.2) is 60.8 Å². The molecule has 0 spiro atoms. The highest BCUT2D eigenvalue weighted by molar-refractivity contribution is 8.15. The van der Waals surface area contributed by atoms with Crippen molar-refractivity contribution < 1.29 is 48.8 Å². The zero-order valence-electron chi connectivity index (χ0n) is 23.2. The standard InChI is InChI=1S/C18H19N3O3S.C5H9NO3S.C4H4O4/c1-21(16-4-2-3-9-19-16)10-11-24-14-7-5-13(6-8-14)12-15-17(22)20-18(23)25-15;1-3(7)6-4(2-10)5(8)9;5-3(6)1-2-4(7)8/h2-9,15H,10-12H2,1H3,(H,20,22,23);4,10H,2H2,1H3,(H,6,7)(H,8,9);1-2H,(H,5,6)(H,7,8). The summed E-state index contributed by atoms with van der Waals surface area (Å²) >= 11 is 4.78. The Morgan fingerprint density at radius 3 is 2.14 bits per heavy atom. The van der Waals surface area contributed by atoms with Crippen molar-refractivity contribution in [2.24, 2.45) is 0 Å². The molecule has 16 heteroatoms. The summed E-state index contributed by atoms with van der Waals surface area (Å²) in [5.74, 6) is -2.37. The summed E-state index contributed by atoms with van der Waals surface area (Å²) in [5.41, 5.74) is 1.00. The number of aliphatic carboxylic acids is 3. The van der Waals surface area contributed by atoms with Crippen molar-refractivity contribution in [2.45, 2.75) is 24.6 Å². The lowest BCUT2D eigenvalue weighted by Gasteiger charge is -2.18. The number of benzene rings is 1. The van der Waals surface area contributed by atoms with E-state index in [4.69, 9.17) is 20.1 Å². The summed E-state index contributed by atoms with van der Waals surface area (Å²) < 4.78 is 5.75. The highest BCUT2D eigenvalue weighted by atomic mass is 32.2. The van der Waals surface area contributed by atoms with Gasteiger partial charge in [0.1, 0.15) is 24.2 Å². The molecule has 0 bridgehead atoms. The van der Waals surface area contributed by atoms with E-state index in [0.29, 0.717) is 25.2 Å². The molecule has 1 saturated heterocycles. The zero-order valence-corrected chi connectivity index (χ0v) is 24.9. The molecule has 43 heavy (non-hydrogen) atoms. The smallest absolute Gasteiger partial charge is 0.328 e. The molecule has 0 radical (unpaired) electrons. The predicted octanol–water partition coefficient (Wildman–Crippen LogP) is 1.71. The third-order valence-corrected chi connectivity index (χ3v) is 6.42. The Morgan fingerprint density at radius 1 is 1.09 bits per heavy atom. The number of imide groups is 1. The summed E-state index contributed by atoms with van der Waals surface area (Å²) in [6.07, 6.45) is 3.41. The van der Waals surface area contributed by atoms with Gasteiger partial charge in [0.15, 0.2) is 0 Å². The predicted molar refractivity (Wildman–Crippen MR) is 162 cm³/mol. The van der Waals surface area contributed by atoms with Crippen LogP contribution in [0.3, 0.4) is 0 Å². The second-order valence-corrected chi connectivity index (χ2v) is 10.0. The van der Waals surface area contributed by atoms with E-state index in [1.807, 2.05) is 54.4 Å². The lowest BCUT2D eigenvalue weighted by atomic mass is 10.1. The van der Waals surface area contributed by atoms with Crippen molar-refractivity contribution in [3.05, 3.63) is 66.4 Å². The van der Waals surface area contributed by atoms with E-state index in [0.717, 1.165) is 35.4 Å². The minimum atomic E-state index is -1.26. The van der Waals surface area contributed by atoms with Crippen molar-refractivity contribution in [3.63, 3.8) is 0 Å². The number of nitrogens with one attached hydrogen (secondary N) is 2. The number of pyridine rings is 1. The van der Waals surface area contributed by atoms with Gasteiger partial charge in [-0.1, -0.05) is 30.0 Å². The first kappa shape index (κ1) is 36.5. The summed E-state index contributed by atoms with van der Waals surface area (Å²) in [7, 11) is 1.97. The number of thiol groups is 1. The van der Waals surface area contributed by atoms with Gasteiger partial charge in [-0.25, -0.2) is 19.4 Å². The van der Waals surface area contributed by atoms with E-state index >= 15 is 0 Å². The van der Waals surface area contributed by atoms with Gasteiger partial charge in [0.2, 0.25) is 11.8 Å². The van der Waals surface area contributed by atoms with Crippen LogP contribution < -0.4 is 20.3 Å². The van der Waals surface area contributed by atoms with Crippen molar-refractivity contribution in [2.75, 3.05) is 30.9 Å². The molecule has 2 atom stereocenters. The summed E-state index contributed by atoms with van der Waals surface area (Å²) in [5, 5.41) is 27.9. The first-order chi connectivity index (χ1) is 20.3. The first-order valence-electron chi connectivity index (χ1n) is 12.4. The average molecular weight is 637 g/mol. The topological polar surface area (TPSA) is 213 Å². The Labute approximate surface area is 256 Å². The minimum absolute atomic E-state index is 0.106. The fourth-order valence-electron chi connectivity index (χ4n) is 3.03. The highest BCUT2D eigenvalue weighted by Crippen LogP contribution is 2.23. The third-order valence-electron chi connectivity index (χ3n) is 5.07. The normalized spacial score (nSPS) is 14.3. The van der Waals surface area contributed by atoms with Crippen molar-refractivity contribution in [1.29, 1.82) is 0 Å². The maximum atomic E-state index is 11.6. The SMILES string of the molecule is CC(=O)NC(CS)C(=O)O.CN(CCOc1ccc(CC2SC(=O)NC2=O)cc1)c1ccccn1.O=C(O)C=CC(=O)O. The molecular weight excluding hydrogens is 604 g/mol. The van der Waals surface area contributed by atoms with Crippen LogP contribution in [0.5, 0.6) is 5.75 Å². The van der Waals surface area contributed by atoms with Crippen LogP contribution in [0.25, 0.3) is 0 Å². The number of nitrogens with zero attached hydrogens (tertiary/aromatic N) is 2. The molecule has 2 heterocycles. The van der Waals surface area contributed by atoms with Crippen LogP contribution >= 0.6 is 24.4 Å². The van der Waals surface area contributed by atoms with Crippen LogP contribution in [0.2, 0.25) is 0 Å². The fourth-order valence-corrected chi connectivity index (χ4v) is 4.14. The number of carbonyl (C=O) groups is 6. The van der Waals surface area contributed by atoms with Gasteiger partial charge in [0.05, 0.1) is 11.8 Å². The molecule has 0 aliphatic carbocycles. The van der Waals surface area contributed by atoms with E-state index in [1.54, 1.807) is 6.20 Å². The Bertz CT molecular complexity index is 1260. The largest absolute Gasteiger partial charge is 0.492 e. The maximum absolute atomic E-state index is 11.6. The molecule has 1 aromatic carbocycles. The number of carbonyl (C=O) groups excluding carboxylic acids is 3. The number of hydrogen-bond acceptors (Lipinski definition) is 11. The number of anilines is 1. The molecule has 3 rings (SSSR count). The van der Waals surface area contributed by atoms with E-state index < -0.39 is 23.9 Å². The molecule has 3 amide bonds. The van der Waals surface area contributed by atoms with Gasteiger partial charge in [-0.2, -0.15) is 12.6 Å². The molecule has 1 aromatic heterocycles. The van der Waals surface area contributed by atoms with Gasteiger partial charge in [0.25, 0.3) is 5.24 Å². The van der Waals surface area contributed by atoms with Gasteiger partial charge in [-0.05, 0) is 36.2 Å². The summed E-state index contributed by atoms with van der Waals surface area (Å²) in [4.78, 5) is 68.7. The van der Waals surface area contributed by atoms with Crippen molar-refractivity contribution >= 4 is 65.2 Å². The van der Waals surface area contributed by atoms with Crippen molar-refractivity contribution in [3.8, 4) is 5.75 Å². The minimum Gasteiger partial charge on any atom is -0.492 e. The molecule has 1 fully saturated rings. The van der Waals surface area contributed by atoms with Crippen LogP contribution in [0.4, 0.5) is 10.6 Å². The fraction of sp³-hybridized carbons (Fsp3) is 0.296. The van der Waals surface area contributed by atoms with Gasteiger partial charge >= 0.3 is 17.9 Å². The molecular formula is C27H32N4O10S2. The van der Waals surface area contributed by atoms with E-state index in [9.17, 15) is 28.8 Å². The van der Waals surface area contributed by atoms with Gasteiger partial charge < -0.3 is 30.3 Å². The Morgan fingerprint density at radius 2 is 1.72 bits per heavy atom. The maximum Gasteiger partial charge on any atom is 0.328 e. The second-order valence-electron chi connectivity index (χ2n) is 8.47. The number of ether oxygens (including phenoxy) is 1. The lowest BCUT2D eigenvalue weighted by Crippen LogP contribution is -2.40. The first-order valence-corrected chi connectivity index (χ1v) is 13.9. The summed E-state index contributed by atoms with van der Waals surface area (Å²) in [6.45, 7) is 2.53. The second kappa shape index (κ2) is 19.5. The number of hydrogen-bond donors (Lipinski definition) is 6. The van der Waals surface area contributed by atoms with Crippen LogP contribution in [0.1, 0.15) is 12.5 Å². The quantitative estimate of drug-likeness (QED) is 0.145. The highest BCUT2D eigenvalue weighted by Gasteiger charge is 2.31. The van der Waals surface area contributed by atoms with Gasteiger partial charge in [-0.15, -0.1) is 0 Å². The number of rotatable bonds is 12. The molecule has 232 valence electrons. The van der Waals surface area contributed by atoms with Gasteiger partial charge in [-0.3, -0.25) is 19.7 Å². The number of aromatic nitrogens is 1. The number of amides is 3. The monoisotopic (exact) mass is 636 g/mol. The molecule has 2 unspecified atom stereocenters. The Hall–Kier alpha value is -4.57. The number of thioether (sulfide) groups is 1. The third kappa shape index (κ3) is 15.9. The lowest BCUT2D eigenvalue weighted by molar-refractivity contribution is -0.140. The van der Waals surface area contributed by atoms with E-state index in [2.05, 4.69) is 28.2 Å². The van der Waals surface area contributed by atoms with Crippen molar-refractivity contribution in [1.82, 2.24) is 15.6 Å². The number of carboxylic acid groups (broad SMARTS) is 3. The van der Waals surface area contributed by atoms with Crippen LogP contribution in [0, 0.1) is 0 Å². The van der Waals surface area contributed by atoms with E-state index in [1.165, 1.54) is 6.92 Å². The molecule has 2 aromatic rings. The molecule has 5 N–H and O–H groups in total. The average Bonchev–Trinajstić information content (AvgIpc) is 3.28. The van der Waals surface area contributed by atoms with Crippen LogP contribution in [-0.4, -0.2) is 92.5 Å². The molecule has 1 aliphatic heterocycles. The summed E-state index contributed by atoms with van der Waals surface area (Å²) in [6, 6.07) is 12.5.